The van der Waals surface area contributed by atoms with Gasteiger partial charge in [-0.05, 0) is 37.7 Å². The van der Waals surface area contributed by atoms with Crippen LogP contribution in [0.4, 0.5) is 0 Å². The first-order chi connectivity index (χ1) is 17.3. The Hall–Kier alpha value is -3.60. The molecule has 0 aromatic carbocycles. The number of carboxylic acids is 1. The summed E-state index contributed by atoms with van der Waals surface area (Å²) in [4.78, 5) is 75.7. The molecule has 0 saturated carbocycles. The van der Waals surface area contributed by atoms with Crippen LogP contribution in [-0.2, 0) is 28.8 Å². The normalized spacial score (nSPS) is 13.8. The molecule has 0 rings (SSSR count). The van der Waals surface area contributed by atoms with Crippen molar-refractivity contribution in [1.29, 1.82) is 0 Å². The van der Waals surface area contributed by atoms with Gasteiger partial charge in [0.15, 0.2) is 5.96 Å². The molecule has 5 amide bonds. The Kier molecular flexibility index (Phi) is 16.0. The molecule has 17 heteroatoms. The second-order valence-electron chi connectivity index (χ2n) is 8.03. The van der Waals surface area contributed by atoms with E-state index in [-0.39, 0.29) is 44.6 Å². The molecule has 0 aliphatic carbocycles. The lowest BCUT2D eigenvalue weighted by Gasteiger charge is -2.25. The van der Waals surface area contributed by atoms with Crippen LogP contribution in [0.1, 0.15) is 38.5 Å². The van der Waals surface area contributed by atoms with Crippen molar-refractivity contribution < 1.29 is 33.9 Å². The van der Waals surface area contributed by atoms with Crippen molar-refractivity contribution >= 4 is 53.2 Å². The number of nitrogens with one attached hydrogen (secondary N) is 3. The Morgan fingerprint density at radius 3 is 1.84 bits per heavy atom. The molecule has 0 radical (unpaired) electrons. The second kappa shape index (κ2) is 17.8. The van der Waals surface area contributed by atoms with Crippen LogP contribution in [0.25, 0.3) is 0 Å². The molecular formula is C20H37N9O7S. The summed E-state index contributed by atoms with van der Waals surface area (Å²) >= 11 is 1.41. The summed E-state index contributed by atoms with van der Waals surface area (Å²) in [6.07, 6.45) is 1.39. The van der Waals surface area contributed by atoms with Gasteiger partial charge < -0.3 is 49.7 Å². The molecule has 4 unspecified atom stereocenters. The number of guanidine groups is 1. The number of hydrogen-bond acceptors (Lipinski definition) is 9. The molecule has 14 N–H and O–H groups in total. The van der Waals surface area contributed by atoms with Gasteiger partial charge in [0, 0.05) is 13.0 Å². The van der Waals surface area contributed by atoms with Gasteiger partial charge in [0.05, 0.1) is 12.5 Å². The van der Waals surface area contributed by atoms with Crippen molar-refractivity contribution in [2.24, 2.45) is 33.7 Å². The van der Waals surface area contributed by atoms with Gasteiger partial charge in [-0.15, -0.1) is 0 Å². The van der Waals surface area contributed by atoms with Crippen LogP contribution in [0, 0.1) is 0 Å². The van der Waals surface area contributed by atoms with Crippen LogP contribution < -0.4 is 44.6 Å². The lowest BCUT2D eigenvalue weighted by molar-refractivity contribution is -0.143. The maximum Gasteiger partial charge on any atom is 0.326 e. The summed E-state index contributed by atoms with van der Waals surface area (Å²) in [6.45, 7) is 0.118. The van der Waals surface area contributed by atoms with E-state index in [1.807, 2.05) is 0 Å². The van der Waals surface area contributed by atoms with E-state index in [4.69, 9.17) is 28.7 Å². The molecule has 16 nitrogen and oxygen atoms in total. The predicted molar refractivity (Wildman–Crippen MR) is 137 cm³/mol. The summed E-state index contributed by atoms with van der Waals surface area (Å²) in [5.41, 5.74) is 26.5. The van der Waals surface area contributed by atoms with Gasteiger partial charge in [-0.25, -0.2) is 4.79 Å². The third-order valence-electron chi connectivity index (χ3n) is 4.88. The minimum Gasteiger partial charge on any atom is -0.480 e. The number of hydrogen-bond donors (Lipinski definition) is 9. The predicted octanol–water partition coefficient (Wildman–Crippen LogP) is -4.20. The van der Waals surface area contributed by atoms with Crippen LogP contribution in [0.15, 0.2) is 4.99 Å². The molecule has 0 aromatic heterocycles. The fraction of sp³-hybridized carbons (Fsp3) is 0.650. The fourth-order valence-electron chi connectivity index (χ4n) is 2.93. The summed E-state index contributed by atoms with van der Waals surface area (Å²) in [7, 11) is 0. The van der Waals surface area contributed by atoms with Crippen molar-refractivity contribution in [2.75, 3.05) is 18.6 Å². The van der Waals surface area contributed by atoms with E-state index >= 15 is 0 Å². The standard InChI is InChI=1S/C20H37N9O7S/c1-37-8-6-12(27-16(32)10(21)4-5-14(22)30)18(34)28-11(3-2-7-26-20(24)25)17(33)29-13(19(35)36)9-15(23)31/h10-13H,2-9,21H2,1H3,(H2,22,30)(H2,23,31)(H,27,32)(H,28,34)(H,29,33)(H,35,36)(H4,24,25,26). The summed E-state index contributed by atoms with van der Waals surface area (Å²) in [5, 5.41) is 16.5. The van der Waals surface area contributed by atoms with E-state index in [1.165, 1.54) is 11.8 Å². The van der Waals surface area contributed by atoms with Gasteiger partial charge in [0.1, 0.15) is 18.1 Å². The first kappa shape index (κ1) is 33.4. The molecule has 0 aliphatic rings. The Balaban J connectivity index is 5.60. The van der Waals surface area contributed by atoms with Gasteiger partial charge in [-0.2, -0.15) is 11.8 Å². The molecule has 0 aromatic rings. The van der Waals surface area contributed by atoms with Crippen LogP contribution in [-0.4, -0.2) is 89.3 Å². The summed E-state index contributed by atoms with van der Waals surface area (Å²) in [6, 6.07) is -5.06. The maximum atomic E-state index is 13.0. The lowest BCUT2D eigenvalue weighted by atomic mass is 10.1. The highest BCUT2D eigenvalue weighted by Crippen LogP contribution is 2.06. The number of thioether (sulfide) groups is 1. The zero-order chi connectivity index (χ0) is 28.5. The zero-order valence-electron chi connectivity index (χ0n) is 20.6. The van der Waals surface area contributed by atoms with Crippen molar-refractivity contribution in [1.82, 2.24) is 16.0 Å². The second-order valence-corrected chi connectivity index (χ2v) is 9.02. The first-order valence-electron chi connectivity index (χ1n) is 11.3. The molecular weight excluding hydrogens is 510 g/mol. The minimum atomic E-state index is -1.61. The number of rotatable bonds is 19. The van der Waals surface area contributed by atoms with E-state index in [1.54, 1.807) is 6.26 Å². The zero-order valence-corrected chi connectivity index (χ0v) is 21.4. The average Bonchev–Trinajstić information content (AvgIpc) is 2.80. The Morgan fingerprint density at radius 1 is 0.811 bits per heavy atom. The molecule has 0 spiro atoms. The van der Waals surface area contributed by atoms with Crippen molar-refractivity contribution in [3.63, 3.8) is 0 Å². The molecule has 0 aliphatic heterocycles. The van der Waals surface area contributed by atoms with Gasteiger partial charge in [-0.3, -0.25) is 29.0 Å². The van der Waals surface area contributed by atoms with E-state index in [0.717, 1.165) is 0 Å². The highest BCUT2D eigenvalue weighted by Gasteiger charge is 2.30. The Morgan fingerprint density at radius 2 is 1.35 bits per heavy atom. The Bertz CT molecular complexity index is 852. The van der Waals surface area contributed by atoms with E-state index < -0.39 is 66.1 Å². The third-order valence-corrected chi connectivity index (χ3v) is 5.52. The maximum absolute atomic E-state index is 13.0. The van der Waals surface area contributed by atoms with Crippen LogP contribution in [0.3, 0.4) is 0 Å². The monoisotopic (exact) mass is 547 g/mol. The number of carboxylic acid groups (broad SMARTS) is 1. The molecule has 0 heterocycles. The van der Waals surface area contributed by atoms with Crippen molar-refractivity contribution in [3.8, 4) is 0 Å². The highest BCUT2D eigenvalue weighted by molar-refractivity contribution is 7.98. The van der Waals surface area contributed by atoms with Crippen LogP contribution >= 0.6 is 11.8 Å². The number of primary amides is 2. The topological polar surface area (TPSA) is 301 Å². The van der Waals surface area contributed by atoms with Crippen molar-refractivity contribution in [2.45, 2.75) is 62.7 Å². The van der Waals surface area contributed by atoms with Crippen LogP contribution in [0.2, 0.25) is 0 Å². The number of carbonyl (C=O) groups is 6. The fourth-order valence-corrected chi connectivity index (χ4v) is 3.40. The number of amides is 5. The minimum absolute atomic E-state index is 0.00141. The largest absolute Gasteiger partial charge is 0.480 e. The van der Waals surface area contributed by atoms with Gasteiger partial charge in [-0.1, -0.05) is 0 Å². The summed E-state index contributed by atoms with van der Waals surface area (Å²) < 4.78 is 0. The number of carbonyl (C=O) groups excluding carboxylic acids is 5. The van der Waals surface area contributed by atoms with Crippen molar-refractivity contribution in [3.05, 3.63) is 0 Å². The molecule has 37 heavy (non-hydrogen) atoms. The SMILES string of the molecule is CSCCC(NC(=O)C(N)CCC(N)=O)C(=O)NC(CCCN=C(N)N)C(=O)NC(CC(N)=O)C(=O)O. The molecule has 210 valence electrons. The molecule has 0 fully saturated rings. The average molecular weight is 548 g/mol. The lowest BCUT2D eigenvalue weighted by Crippen LogP contribution is -2.57. The summed E-state index contributed by atoms with van der Waals surface area (Å²) in [5.74, 6) is -5.09. The molecule has 4 atom stereocenters. The smallest absolute Gasteiger partial charge is 0.326 e. The van der Waals surface area contributed by atoms with E-state index in [9.17, 15) is 33.9 Å². The number of nitrogens with two attached hydrogens (primary N) is 5. The van der Waals surface area contributed by atoms with Crippen LogP contribution in [0.5, 0.6) is 0 Å². The third kappa shape index (κ3) is 15.2. The Labute approximate surface area is 218 Å². The number of aliphatic imine (C=N–C) groups is 1. The van der Waals surface area contributed by atoms with E-state index in [2.05, 4.69) is 20.9 Å². The highest BCUT2D eigenvalue weighted by atomic mass is 32.2. The van der Waals surface area contributed by atoms with E-state index in [0.29, 0.717) is 5.75 Å². The number of aliphatic carboxylic acids is 1. The molecule has 0 saturated heterocycles. The molecule has 0 bridgehead atoms. The quantitative estimate of drug-likeness (QED) is 0.0424. The first-order valence-corrected chi connectivity index (χ1v) is 12.7. The number of nitrogens with zero attached hydrogens (tertiary/aromatic N) is 1. The van der Waals surface area contributed by atoms with Gasteiger partial charge >= 0.3 is 5.97 Å². The van der Waals surface area contributed by atoms with Gasteiger partial charge in [0.25, 0.3) is 0 Å². The van der Waals surface area contributed by atoms with Gasteiger partial charge in [0.2, 0.25) is 29.5 Å².